The summed E-state index contributed by atoms with van der Waals surface area (Å²) in [5.41, 5.74) is 2.01. The number of methoxy groups -OCH3 is 1. The zero-order valence-electron chi connectivity index (χ0n) is 17.5. The smallest absolute Gasteiger partial charge is 0.255 e. The van der Waals surface area contributed by atoms with Crippen LogP contribution in [0.1, 0.15) is 16.2 Å². The van der Waals surface area contributed by atoms with E-state index in [0.29, 0.717) is 36.2 Å². The van der Waals surface area contributed by atoms with E-state index in [2.05, 4.69) is 30.5 Å². The van der Waals surface area contributed by atoms with Crippen LogP contribution in [-0.4, -0.2) is 54.3 Å². The minimum absolute atomic E-state index is 0.233. The van der Waals surface area contributed by atoms with Gasteiger partial charge in [-0.25, -0.2) is 15.0 Å². The first-order valence-electron chi connectivity index (χ1n) is 9.97. The van der Waals surface area contributed by atoms with Gasteiger partial charge in [0.15, 0.2) is 0 Å². The lowest BCUT2D eigenvalue weighted by Gasteiger charge is -2.28. The predicted molar refractivity (Wildman–Crippen MR) is 118 cm³/mol. The highest BCUT2D eigenvalue weighted by Crippen LogP contribution is 2.22. The Hall–Kier alpha value is -3.72. The van der Waals surface area contributed by atoms with Crippen LogP contribution in [0.5, 0.6) is 5.88 Å². The van der Waals surface area contributed by atoms with Gasteiger partial charge >= 0.3 is 0 Å². The average Bonchev–Trinajstić information content (AvgIpc) is 2.80. The molecule has 2 aromatic heterocycles. The number of nitrogens with one attached hydrogen (secondary N) is 2. The molecular weight excluding hydrogens is 396 g/mol. The zero-order valence-corrected chi connectivity index (χ0v) is 17.5. The second kappa shape index (κ2) is 9.40. The molecule has 1 saturated heterocycles. The standard InChI is InChI=1S/C22H24N6O3/c1-15-24-19(14-20(25-15)28-9-11-31-12-10-28)26-17-3-5-18(6-4-17)27-22(29)16-7-8-23-21(13-16)30-2/h3-8,13-14H,9-12H2,1-2H3,(H,27,29)(H,24,25,26). The summed E-state index contributed by atoms with van der Waals surface area (Å²) in [6.07, 6.45) is 1.54. The van der Waals surface area contributed by atoms with Crippen molar-refractivity contribution < 1.29 is 14.3 Å². The zero-order chi connectivity index (χ0) is 21.6. The molecule has 3 heterocycles. The van der Waals surface area contributed by atoms with E-state index in [0.717, 1.165) is 30.4 Å². The molecule has 0 atom stereocenters. The summed E-state index contributed by atoms with van der Waals surface area (Å²) in [7, 11) is 1.51. The van der Waals surface area contributed by atoms with Crippen molar-refractivity contribution in [3.63, 3.8) is 0 Å². The van der Waals surface area contributed by atoms with Crippen LogP contribution in [0.3, 0.4) is 0 Å². The van der Waals surface area contributed by atoms with E-state index >= 15 is 0 Å². The summed E-state index contributed by atoms with van der Waals surface area (Å²) in [5.74, 6) is 2.46. The number of nitrogens with zero attached hydrogens (tertiary/aromatic N) is 4. The van der Waals surface area contributed by atoms with Gasteiger partial charge < -0.3 is 25.0 Å². The van der Waals surface area contributed by atoms with Gasteiger partial charge in [0.1, 0.15) is 17.5 Å². The van der Waals surface area contributed by atoms with Gasteiger partial charge in [-0.05, 0) is 37.3 Å². The molecule has 0 spiro atoms. The number of pyridine rings is 1. The van der Waals surface area contributed by atoms with E-state index in [4.69, 9.17) is 9.47 Å². The van der Waals surface area contributed by atoms with E-state index in [1.165, 1.54) is 13.3 Å². The first-order valence-corrected chi connectivity index (χ1v) is 9.97. The van der Waals surface area contributed by atoms with Crippen LogP contribution in [0.2, 0.25) is 0 Å². The number of ether oxygens (including phenoxy) is 2. The SMILES string of the molecule is COc1cc(C(=O)Nc2ccc(Nc3cc(N4CCOCC4)nc(C)n3)cc2)ccn1. The van der Waals surface area contributed by atoms with Gasteiger partial charge in [-0.3, -0.25) is 4.79 Å². The van der Waals surface area contributed by atoms with Gasteiger partial charge in [-0.15, -0.1) is 0 Å². The molecule has 4 rings (SSSR count). The second-order valence-corrected chi connectivity index (χ2v) is 7.00. The van der Waals surface area contributed by atoms with Crippen LogP contribution >= 0.6 is 0 Å². The Bertz CT molecular complexity index is 1050. The van der Waals surface area contributed by atoms with Gasteiger partial charge in [0, 0.05) is 48.4 Å². The molecule has 1 aliphatic heterocycles. The van der Waals surface area contributed by atoms with Crippen molar-refractivity contribution in [2.24, 2.45) is 0 Å². The van der Waals surface area contributed by atoms with Crippen molar-refractivity contribution in [3.8, 4) is 5.88 Å². The quantitative estimate of drug-likeness (QED) is 0.628. The van der Waals surface area contributed by atoms with Crippen LogP contribution in [0.25, 0.3) is 0 Å². The maximum Gasteiger partial charge on any atom is 0.255 e. The summed E-state index contributed by atoms with van der Waals surface area (Å²) in [6.45, 7) is 4.90. The molecule has 9 nitrogen and oxygen atoms in total. The van der Waals surface area contributed by atoms with E-state index in [-0.39, 0.29) is 5.91 Å². The number of hydrogen-bond acceptors (Lipinski definition) is 8. The molecule has 0 saturated carbocycles. The lowest BCUT2D eigenvalue weighted by atomic mass is 10.2. The first kappa shape index (κ1) is 20.5. The molecule has 2 N–H and O–H groups in total. The summed E-state index contributed by atoms with van der Waals surface area (Å²) < 4.78 is 10.5. The molecule has 1 aliphatic rings. The molecule has 0 radical (unpaired) electrons. The molecular formula is C22H24N6O3. The fourth-order valence-electron chi connectivity index (χ4n) is 3.22. The summed E-state index contributed by atoms with van der Waals surface area (Å²) in [6, 6.07) is 12.6. The fraction of sp³-hybridized carbons (Fsp3) is 0.273. The average molecular weight is 420 g/mol. The molecule has 0 bridgehead atoms. The van der Waals surface area contributed by atoms with Gasteiger partial charge in [0.25, 0.3) is 5.91 Å². The van der Waals surface area contributed by atoms with Crippen molar-refractivity contribution in [2.75, 3.05) is 48.9 Å². The number of aromatic nitrogens is 3. The Morgan fingerprint density at radius 1 is 1.06 bits per heavy atom. The van der Waals surface area contributed by atoms with E-state index in [9.17, 15) is 4.79 Å². The Labute approximate surface area is 180 Å². The van der Waals surface area contributed by atoms with E-state index in [1.54, 1.807) is 12.1 Å². The highest BCUT2D eigenvalue weighted by molar-refractivity contribution is 6.04. The fourth-order valence-corrected chi connectivity index (χ4v) is 3.22. The summed E-state index contributed by atoms with van der Waals surface area (Å²) in [5, 5.41) is 6.17. The Morgan fingerprint density at radius 3 is 2.55 bits per heavy atom. The lowest BCUT2D eigenvalue weighted by molar-refractivity contribution is 0.102. The minimum Gasteiger partial charge on any atom is -0.481 e. The second-order valence-electron chi connectivity index (χ2n) is 7.00. The molecule has 160 valence electrons. The highest BCUT2D eigenvalue weighted by atomic mass is 16.5. The third-order valence-electron chi connectivity index (χ3n) is 4.78. The molecule has 1 amide bonds. The van der Waals surface area contributed by atoms with Crippen LogP contribution in [-0.2, 0) is 4.74 Å². The van der Waals surface area contributed by atoms with E-state index < -0.39 is 0 Å². The number of amides is 1. The maximum atomic E-state index is 12.4. The van der Waals surface area contributed by atoms with Crippen LogP contribution in [0.4, 0.5) is 23.0 Å². The van der Waals surface area contributed by atoms with Gasteiger partial charge in [-0.1, -0.05) is 0 Å². The number of carbonyl (C=O) groups is 1. The number of anilines is 4. The third kappa shape index (κ3) is 5.26. The van der Waals surface area contributed by atoms with Crippen molar-refractivity contribution in [2.45, 2.75) is 6.92 Å². The number of hydrogen-bond donors (Lipinski definition) is 2. The van der Waals surface area contributed by atoms with Crippen LogP contribution in [0, 0.1) is 6.92 Å². The molecule has 1 fully saturated rings. The Balaban J connectivity index is 1.42. The van der Waals surface area contributed by atoms with Crippen molar-refractivity contribution >= 4 is 28.9 Å². The molecule has 9 heteroatoms. The molecule has 31 heavy (non-hydrogen) atoms. The first-order chi connectivity index (χ1) is 15.1. The number of morpholine rings is 1. The molecule has 1 aromatic carbocycles. The van der Waals surface area contributed by atoms with Crippen LogP contribution < -0.4 is 20.3 Å². The van der Waals surface area contributed by atoms with Crippen molar-refractivity contribution in [1.82, 2.24) is 15.0 Å². The number of benzene rings is 1. The Morgan fingerprint density at radius 2 is 1.81 bits per heavy atom. The van der Waals surface area contributed by atoms with Crippen LogP contribution in [0.15, 0.2) is 48.7 Å². The third-order valence-corrected chi connectivity index (χ3v) is 4.78. The Kier molecular flexibility index (Phi) is 6.23. The monoisotopic (exact) mass is 420 g/mol. The number of aryl methyl sites for hydroxylation is 1. The predicted octanol–water partition coefficient (Wildman–Crippen LogP) is 3.02. The molecule has 0 unspecified atom stereocenters. The normalized spacial score (nSPS) is 13.5. The molecule has 3 aromatic rings. The maximum absolute atomic E-state index is 12.4. The number of carbonyl (C=O) groups excluding carboxylic acids is 1. The molecule has 0 aliphatic carbocycles. The number of rotatable bonds is 6. The van der Waals surface area contributed by atoms with Gasteiger partial charge in [-0.2, -0.15) is 0 Å². The summed E-state index contributed by atoms with van der Waals surface area (Å²) >= 11 is 0. The minimum atomic E-state index is -0.233. The largest absolute Gasteiger partial charge is 0.481 e. The van der Waals surface area contributed by atoms with Crippen molar-refractivity contribution in [1.29, 1.82) is 0 Å². The van der Waals surface area contributed by atoms with Gasteiger partial charge in [0.2, 0.25) is 5.88 Å². The van der Waals surface area contributed by atoms with E-state index in [1.807, 2.05) is 37.3 Å². The van der Waals surface area contributed by atoms with Crippen molar-refractivity contribution in [3.05, 3.63) is 60.0 Å². The summed E-state index contributed by atoms with van der Waals surface area (Å²) in [4.78, 5) is 27.7. The van der Waals surface area contributed by atoms with Gasteiger partial charge in [0.05, 0.1) is 20.3 Å². The highest BCUT2D eigenvalue weighted by Gasteiger charge is 2.14. The topological polar surface area (TPSA) is 102 Å². The lowest BCUT2D eigenvalue weighted by Crippen LogP contribution is -2.36.